The molecular weight excluding hydrogens is 577 g/mol. The zero-order valence-electron chi connectivity index (χ0n) is 28.9. The van der Waals surface area contributed by atoms with Crippen molar-refractivity contribution in [3.8, 4) is 66.8 Å². The molecule has 0 heterocycles. The molecule has 7 aromatic rings. The monoisotopic (exact) mass is 618 g/mol. The van der Waals surface area contributed by atoms with Gasteiger partial charge in [0.25, 0.3) is 0 Å². The van der Waals surface area contributed by atoms with Crippen molar-refractivity contribution in [2.45, 2.75) is 41.5 Å². The van der Waals surface area contributed by atoms with Gasteiger partial charge in [0.05, 0.1) is 0 Å². The molecular formula is C48H42. The number of rotatable bonds is 6. The third-order valence-electron chi connectivity index (χ3n) is 9.92. The molecule has 0 bridgehead atoms. The van der Waals surface area contributed by atoms with E-state index in [0.717, 1.165) is 0 Å². The van der Waals surface area contributed by atoms with Gasteiger partial charge in [-0.1, -0.05) is 121 Å². The van der Waals surface area contributed by atoms with Crippen LogP contribution in [0.4, 0.5) is 0 Å². The number of hydrogen-bond donors (Lipinski definition) is 0. The summed E-state index contributed by atoms with van der Waals surface area (Å²) in [4.78, 5) is 0. The topological polar surface area (TPSA) is 0 Å². The Morgan fingerprint density at radius 3 is 0.875 bits per heavy atom. The van der Waals surface area contributed by atoms with Crippen LogP contribution in [0.3, 0.4) is 0 Å². The van der Waals surface area contributed by atoms with E-state index in [2.05, 4.69) is 187 Å². The molecule has 0 nitrogen and oxygen atoms in total. The van der Waals surface area contributed by atoms with Gasteiger partial charge < -0.3 is 0 Å². The average molecular weight is 619 g/mol. The Kier molecular flexibility index (Phi) is 8.42. The zero-order valence-corrected chi connectivity index (χ0v) is 28.9. The quantitative estimate of drug-likeness (QED) is 0.174. The van der Waals surface area contributed by atoms with Crippen LogP contribution in [-0.2, 0) is 0 Å². The lowest BCUT2D eigenvalue weighted by Gasteiger charge is -2.23. The normalized spacial score (nSPS) is 11.1. The first kappa shape index (κ1) is 31.2. The van der Waals surface area contributed by atoms with E-state index >= 15 is 0 Å². The third kappa shape index (κ3) is 5.80. The summed E-state index contributed by atoms with van der Waals surface area (Å²) in [6, 6.07) is 53.7. The van der Waals surface area contributed by atoms with Crippen LogP contribution in [0, 0.1) is 41.5 Å². The maximum atomic E-state index is 2.48. The smallest absolute Gasteiger partial charge is 0.00958 e. The van der Waals surface area contributed by atoms with Gasteiger partial charge in [-0.05, 0) is 166 Å². The molecule has 0 atom stereocenters. The molecule has 0 radical (unpaired) electrons. The van der Waals surface area contributed by atoms with Crippen LogP contribution in [0.1, 0.15) is 33.4 Å². The van der Waals surface area contributed by atoms with Crippen LogP contribution in [0.5, 0.6) is 0 Å². The Labute approximate surface area is 286 Å². The van der Waals surface area contributed by atoms with Gasteiger partial charge in [-0.15, -0.1) is 0 Å². The molecule has 0 spiro atoms. The summed E-state index contributed by atoms with van der Waals surface area (Å²) in [7, 11) is 0. The van der Waals surface area contributed by atoms with Crippen molar-refractivity contribution in [2.24, 2.45) is 0 Å². The van der Waals surface area contributed by atoms with Crippen molar-refractivity contribution < 1.29 is 0 Å². The van der Waals surface area contributed by atoms with Gasteiger partial charge in [0.15, 0.2) is 0 Å². The first-order valence-electron chi connectivity index (χ1n) is 16.9. The second-order valence-corrected chi connectivity index (χ2v) is 13.3. The van der Waals surface area contributed by atoms with Crippen molar-refractivity contribution in [2.75, 3.05) is 0 Å². The molecule has 0 amide bonds. The Bertz CT molecular complexity index is 2110. The van der Waals surface area contributed by atoms with E-state index in [4.69, 9.17) is 0 Å². The molecule has 0 heteroatoms. The van der Waals surface area contributed by atoms with Crippen LogP contribution in [0.15, 0.2) is 146 Å². The number of aryl methyl sites for hydroxylation is 6. The first-order chi connectivity index (χ1) is 23.3. The van der Waals surface area contributed by atoms with Crippen molar-refractivity contribution >= 4 is 0 Å². The lowest BCUT2D eigenvalue weighted by molar-refractivity contribution is 1.36. The van der Waals surface area contributed by atoms with Gasteiger partial charge in [-0.25, -0.2) is 0 Å². The molecule has 0 aliphatic carbocycles. The lowest BCUT2D eigenvalue weighted by Crippen LogP contribution is -1.98. The zero-order chi connectivity index (χ0) is 33.4. The first-order valence-corrected chi connectivity index (χ1v) is 16.9. The highest BCUT2D eigenvalue weighted by Gasteiger charge is 2.21. The average Bonchev–Trinajstić information content (AvgIpc) is 3.09. The molecule has 0 fully saturated rings. The summed E-state index contributed by atoms with van der Waals surface area (Å²) in [5.41, 5.74) is 22.8. The molecule has 0 saturated carbocycles. The fourth-order valence-corrected chi connectivity index (χ4v) is 7.38. The molecule has 7 rings (SSSR count). The summed E-state index contributed by atoms with van der Waals surface area (Å²) in [6.07, 6.45) is 0. The van der Waals surface area contributed by atoms with E-state index in [1.807, 2.05) is 0 Å². The molecule has 0 N–H and O–H groups in total. The minimum absolute atomic E-state index is 1.24. The summed E-state index contributed by atoms with van der Waals surface area (Å²) in [5, 5.41) is 0. The number of benzene rings is 7. The second-order valence-electron chi connectivity index (χ2n) is 13.3. The maximum Gasteiger partial charge on any atom is -0.00958 e. The number of hydrogen-bond acceptors (Lipinski definition) is 0. The fraction of sp³-hybridized carbons (Fsp3) is 0.125. The van der Waals surface area contributed by atoms with E-state index < -0.39 is 0 Å². The van der Waals surface area contributed by atoms with Crippen LogP contribution in [-0.4, -0.2) is 0 Å². The summed E-state index contributed by atoms with van der Waals surface area (Å²) in [5.74, 6) is 0. The highest BCUT2D eigenvalue weighted by molar-refractivity contribution is 5.98. The van der Waals surface area contributed by atoms with Gasteiger partial charge in [-0.2, -0.15) is 0 Å². The van der Waals surface area contributed by atoms with Crippen molar-refractivity contribution in [3.05, 3.63) is 179 Å². The predicted octanol–water partition coefficient (Wildman–Crippen LogP) is 13.5. The van der Waals surface area contributed by atoms with Crippen LogP contribution < -0.4 is 0 Å². The highest BCUT2D eigenvalue weighted by atomic mass is 14.2. The van der Waals surface area contributed by atoms with Gasteiger partial charge in [0.2, 0.25) is 0 Å². The van der Waals surface area contributed by atoms with E-state index in [1.54, 1.807) is 0 Å². The van der Waals surface area contributed by atoms with Crippen LogP contribution in [0.25, 0.3) is 66.8 Å². The van der Waals surface area contributed by atoms with Crippen molar-refractivity contribution in [1.29, 1.82) is 0 Å². The molecule has 0 aromatic heterocycles. The van der Waals surface area contributed by atoms with Gasteiger partial charge >= 0.3 is 0 Å². The standard InChI is InChI=1S/C48H42/c1-31-17-13-15-23-39(31)45-29-48(44-28-42(34(4)26-36(44)6)38-21-11-8-12-22-38)46(40-24-16-14-18-32(40)2)30-47(45)43-27-41(33(3)25-35(43)5)37-19-9-7-10-20-37/h7-30H,1-6H3. The second kappa shape index (κ2) is 13.0. The highest BCUT2D eigenvalue weighted by Crippen LogP contribution is 2.46. The largest absolute Gasteiger partial charge is 0.0622 e. The molecule has 0 aliphatic heterocycles. The molecule has 7 aromatic carbocycles. The van der Waals surface area contributed by atoms with E-state index in [-0.39, 0.29) is 0 Å². The Morgan fingerprint density at radius 1 is 0.208 bits per heavy atom. The lowest BCUT2D eigenvalue weighted by atomic mass is 9.80. The molecule has 0 aliphatic rings. The van der Waals surface area contributed by atoms with Gasteiger partial charge in [0, 0.05) is 0 Å². The van der Waals surface area contributed by atoms with E-state index in [1.165, 1.54) is 100 Å². The summed E-state index contributed by atoms with van der Waals surface area (Å²) < 4.78 is 0. The van der Waals surface area contributed by atoms with Crippen molar-refractivity contribution in [3.63, 3.8) is 0 Å². The fourth-order valence-electron chi connectivity index (χ4n) is 7.38. The molecule has 234 valence electrons. The van der Waals surface area contributed by atoms with Crippen LogP contribution >= 0.6 is 0 Å². The van der Waals surface area contributed by atoms with Gasteiger partial charge in [0.1, 0.15) is 0 Å². The minimum Gasteiger partial charge on any atom is -0.0622 e. The Hall–Kier alpha value is -5.46. The Morgan fingerprint density at radius 2 is 0.500 bits per heavy atom. The summed E-state index contributed by atoms with van der Waals surface area (Å²) in [6.45, 7) is 13.4. The van der Waals surface area contributed by atoms with Gasteiger partial charge in [-0.3, -0.25) is 0 Å². The van der Waals surface area contributed by atoms with E-state index in [9.17, 15) is 0 Å². The molecule has 0 unspecified atom stereocenters. The SMILES string of the molecule is Cc1cc(C)c(-c2cc(-c3ccccc3C)c(-c3cc(-c4ccccc4)c(C)cc3C)cc2-c2ccccc2C)cc1-c1ccccc1. The summed E-state index contributed by atoms with van der Waals surface area (Å²) >= 11 is 0. The predicted molar refractivity (Wildman–Crippen MR) is 207 cm³/mol. The Balaban J connectivity index is 1.59. The molecule has 0 saturated heterocycles. The minimum atomic E-state index is 1.24. The van der Waals surface area contributed by atoms with Crippen LogP contribution in [0.2, 0.25) is 0 Å². The van der Waals surface area contributed by atoms with Crippen molar-refractivity contribution in [1.82, 2.24) is 0 Å². The van der Waals surface area contributed by atoms with E-state index in [0.29, 0.717) is 0 Å². The third-order valence-corrected chi connectivity index (χ3v) is 9.92. The molecule has 48 heavy (non-hydrogen) atoms. The maximum absolute atomic E-state index is 2.48.